The van der Waals surface area contributed by atoms with E-state index >= 15 is 0 Å². The van der Waals surface area contributed by atoms with Gasteiger partial charge in [0.25, 0.3) is 5.91 Å². The fourth-order valence-electron chi connectivity index (χ4n) is 2.62. The minimum atomic E-state index is -0.332. The lowest BCUT2D eigenvalue weighted by molar-refractivity contribution is 0.100. The average Bonchev–Trinajstić information content (AvgIpc) is 3.04. The largest absolute Gasteiger partial charge is 0.497 e. The number of benzene rings is 2. The molecule has 0 saturated heterocycles. The quantitative estimate of drug-likeness (QED) is 0.715. The number of ether oxygens (including phenoxy) is 1. The first-order valence-electron chi connectivity index (χ1n) is 8.09. The SMILES string of the molecule is COc1ccc(-c2cc(C(=O)Nc3cccc(C(C)=O)c3)nn2C)cc1. The summed E-state index contributed by atoms with van der Waals surface area (Å²) < 4.78 is 6.82. The van der Waals surface area contributed by atoms with E-state index in [0.29, 0.717) is 16.9 Å². The Hall–Kier alpha value is -3.41. The van der Waals surface area contributed by atoms with Crippen LogP contribution >= 0.6 is 0 Å². The molecule has 1 aromatic heterocycles. The van der Waals surface area contributed by atoms with Crippen molar-refractivity contribution in [3.63, 3.8) is 0 Å². The van der Waals surface area contributed by atoms with Gasteiger partial charge in [0.1, 0.15) is 5.75 Å². The van der Waals surface area contributed by atoms with Crippen LogP contribution in [0, 0.1) is 0 Å². The highest BCUT2D eigenvalue weighted by atomic mass is 16.5. The summed E-state index contributed by atoms with van der Waals surface area (Å²) in [6, 6.07) is 16.1. The number of rotatable bonds is 5. The second-order valence-electron chi connectivity index (χ2n) is 5.86. The van der Waals surface area contributed by atoms with Gasteiger partial charge in [0.15, 0.2) is 11.5 Å². The number of methoxy groups -OCH3 is 1. The van der Waals surface area contributed by atoms with Crippen molar-refractivity contribution in [1.82, 2.24) is 9.78 Å². The second-order valence-corrected chi connectivity index (χ2v) is 5.86. The normalized spacial score (nSPS) is 10.4. The number of aryl methyl sites for hydroxylation is 1. The van der Waals surface area contributed by atoms with Gasteiger partial charge in [-0.15, -0.1) is 0 Å². The van der Waals surface area contributed by atoms with Crippen LogP contribution in [0.2, 0.25) is 0 Å². The van der Waals surface area contributed by atoms with E-state index in [9.17, 15) is 9.59 Å². The Morgan fingerprint density at radius 3 is 2.46 bits per heavy atom. The van der Waals surface area contributed by atoms with Gasteiger partial charge in [-0.05, 0) is 49.4 Å². The molecule has 1 N–H and O–H groups in total. The van der Waals surface area contributed by atoms with Crippen LogP contribution in [-0.4, -0.2) is 28.6 Å². The first-order valence-corrected chi connectivity index (χ1v) is 8.09. The number of ketones is 1. The molecular formula is C20H19N3O3. The maximum Gasteiger partial charge on any atom is 0.276 e. The molecule has 1 heterocycles. The summed E-state index contributed by atoms with van der Waals surface area (Å²) in [5, 5.41) is 7.07. The lowest BCUT2D eigenvalue weighted by Gasteiger charge is -2.04. The van der Waals surface area contributed by atoms with E-state index in [4.69, 9.17) is 4.74 Å². The molecule has 0 spiro atoms. The molecule has 0 bridgehead atoms. The number of carbonyl (C=O) groups is 2. The molecule has 3 aromatic rings. The van der Waals surface area contributed by atoms with Gasteiger partial charge in [-0.25, -0.2) is 0 Å². The van der Waals surface area contributed by atoms with Crippen LogP contribution in [0.5, 0.6) is 5.75 Å². The number of aromatic nitrogens is 2. The van der Waals surface area contributed by atoms with Crippen LogP contribution in [0.3, 0.4) is 0 Å². The van der Waals surface area contributed by atoms with Gasteiger partial charge in [-0.2, -0.15) is 5.10 Å². The lowest BCUT2D eigenvalue weighted by Crippen LogP contribution is -2.13. The van der Waals surface area contributed by atoms with E-state index in [1.807, 2.05) is 24.3 Å². The Morgan fingerprint density at radius 2 is 1.81 bits per heavy atom. The monoisotopic (exact) mass is 349 g/mol. The summed E-state index contributed by atoms with van der Waals surface area (Å²) in [7, 11) is 3.40. The zero-order valence-corrected chi connectivity index (χ0v) is 14.8. The van der Waals surface area contributed by atoms with Crippen molar-refractivity contribution >= 4 is 17.4 Å². The number of hydrogen-bond acceptors (Lipinski definition) is 4. The molecule has 3 rings (SSSR count). The number of amides is 1. The van der Waals surface area contributed by atoms with E-state index in [1.54, 1.807) is 49.2 Å². The molecule has 132 valence electrons. The first kappa shape index (κ1) is 17.4. The Kier molecular flexibility index (Phi) is 4.84. The van der Waals surface area contributed by atoms with Gasteiger partial charge in [-0.3, -0.25) is 14.3 Å². The number of hydrogen-bond donors (Lipinski definition) is 1. The molecule has 0 unspecified atom stereocenters. The molecule has 6 heteroatoms. The van der Waals surface area contributed by atoms with Crippen LogP contribution in [0.15, 0.2) is 54.6 Å². The highest BCUT2D eigenvalue weighted by Gasteiger charge is 2.14. The van der Waals surface area contributed by atoms with Gasteiger partial charge < -0.3 is 10.1 Å². The number of Topliss-reactive ketones (excluding diaryl/α,β-unsaturated/α-hetero) is 1. The van der Waals surface area contributed by atoms with Crippen molar-refractivity contribution in [2.75, 3.05) is 12.4 Å². The highest BCUT2D eigenvalue weighted by Crippen LogP contribution is 2.23. The standard InChI is InChI=1S/C20H19N3O3/c1-13(24)15-5-4-6-16(11-15)21-20(25)18-12-19(23(2)22-18)14-7-9-17(26-3)10-8-14/h4-12H,1-3H3,(H,21,25). The van der Waals surface area contributed by atoms with Crippen LogP contribution in [0.4, 0.5) is 5.69 Å². The van der Waals surface area contributed by atoms with Gasteiger partial charge in [0.05, 0.1) is 12.8 Å². The molecule has 0 saturated carbocycles. The predicted octanol–water partition coefficient (Wildman–Crippen LogP) is 3.55. The van der Waals surface area contributed by atoms with E-state index in [2.05, 4.69) is 10.4 Å². The third-order valence-electron chi connectivity index (χ3n) is 4.03. The van der Waals surface area contributed by atoms with Crippen LogP contribution in [-0.2, 0) is 7.05 Å². The molecule has 0 radical (unpaired) electrons. The van der Waals surface area contributed by atoms with Crippen LogP contribution in [0.25, 0.3) is 11.3 Å². The number of anilines is 1. The fraction of sp³-hybridized carbons (Fsp3) is 0.150. The molecule has 6 nitrogen and oxygen atoms in total. The maximum atomic E-state index is 12.5. The van der Waals surface area contributed by atoms with E-state index in [1.165, 1.54) is 6.92 Å². The minimum Gasteiger partial charge on any atom is -0.497 e. The Morgan fingerprint density at radius 1 is 1.08 bits per heavy atom. The van der Waals surface area contributed by atoms with Gasteiger partial charge in [0, 0.05) is 23.9 Å². The molecule has 0 aliphatic carbocycles. The minimum absolute atomic E-state index is 0.0549. The number of carbonyl (C=O) groups excluding carboxylic acids is 2. The molecular weight excluding hydrogens is 330 g/mol. The van der Waals surface area contributed by atoms with E-state index in [0.717, 1.165) is 17.0 Å². The molecule has 0 aliphatic heterocycles. The molecule has 1 amide bonds. The predicted molar refractivity (Wildman–Crippen MR) is 99.6 cm³/mol. The Bertz CT molecular complexity index is 959. The summed E-state index contributed by atoms with van der Waals surface area (Å²) in [5.74, 6) is 0.376. The summed E-state index contributed by atoms with van der Waals surface area (Å²) >= 11 is 0. The third kappa shape index (κ3) is 3.64. The highest BCUT2D eigenvalue weighted by molar-refractivity contribution is 6.04. The van der Waals surface area contributed by atoms with Crippen LogP contribution < -0.4 is 10.1 Å². The van der Waals surface area contributed by atoms with Crippen molar-refractivity contribution in [3.8, 4) is 17.0 Å². The number of nitrogens with one attached hydrogen (secondary N) is 1. The average molecular weight is 349 g/mol. The van der Waals surface area contributed by atoms with Gasteiger partial charge in [-0.1, -0.05) is 12.1 Å². The van der Waals surface area contributed by atoms with Crippen molar-refractivity contribution < 1.29 is 14.3 Å². The lowest BCUT2D eigenvalue weighted by atomic mass is 10.1. The maximum absolute atomic E-state index is 12.5. The second kappa shape index (κ2) is 7.23. The molecule has 2 aromatic carbocycles. The topological polar surface area (TPSA) is 73.2 Å². The zero-order valence-electron chi connectivity index (χ0n) is 14.8. The van der Waals surface area contributed by atoms with E-state index in [-0.39, 0.29) is 11.7 Å². The molecule has 26 heavy (non-hydrogen) atoms. The summed E-state index contributed by atoms with van der Waals surface area (Å²) in [4.78, 5) is 24.0. The molecule has 0 aliphatic rings. The van der Waals surface area contributed by atoms with Gasteiger partial charge >= 0.3 is 0 Å². The summed E-state index contributed by atoms with van der Waals surface area (Å²) in [5.41, 5.74) is 3.14. The van der Waals surface area contributed by atoms with Gasteiger partial charge in [0.2, 0.25) is 0 Å². The van der Waals surface area contributed by atoms with Crippen LogP contribution in [0.1, 0.15) is 27.8 Å². The Labute approximate surface area is 151 Å². The third-order valence-corrected chi connectivity index (χ3v) is 4.03. The zero-order chi connectivity index (χ0) is 18.7. The molecule has 0 fully saturated rings. The van der Waals surface area contributed by atoms with Crippen molar-refractivity contribution in [1.29, 1.82) is 0 Å². The van der Waals surface area contributed by atoms with Crippen molar-refractivity contribution in [2.24, 2.45) is 7.05 Å². The van der Waals surface area contributed by atoms with E-state index < -0.39 is 0 Å². The Balaban J connectivity index is 1.82. The number of nitrogens with zero attached hydrogens (tertiary/aromatic N) is 2. The van der Waals surface area contributed by atoms with Crippen molar-refractivity contribution in [3.05, 3.63) is 65.9 Å². The van der Waals surface area contributed by atoms with Crippen molar-refractivity contribution in [2.45, 2.75) is 6.92 Å². The summed E-state index contributed by atoms with van der Waals surface area (Å²) in [6.45, 7) is 1.49. The smallest absolute Gasteiger partial charge is 0.276 e. The summed E-state index contributed by atoms with van der Waals surface area (Å²) in [6.07, 6.45) is 0. The first-order chi connectivity index (χ1) is 12.5. The fourth-order valence-corrected chi connectivity index (χ4v) is 2.62. The molecule has 0 atom stereocenters.